The van der Waals surface area contributed by atoms with E-state index in [0.29, 0.717) is 6.04 Å². The predicted octanol–water partition coefficient (Wildman–Crippen LogP) is 3.93. The number of amides is 1. The van der Waals surface area contributed by atoms with Crippen LogP contribution < -0.4 is 0 Å². The third-order valence-corrected chi connectivity index (χ3v) is 4.91. The topological polar surface area (TPSA) is 26.8 Å². The van der Waals surface area contributed by atoms with Crippen molar-refractivity contribution in [1.29, 1.82) is 0 Å². The third-order valence-electron chi connectivity index (χ3n) is 4.91. The first-order valence-electron chi connectivity index (χ1n) is 9.32. The van der Waals surface area contributed by atoms with Gasteiger partial charge in [0, 0.05) is 44.3 Å². The van der Waals surface area contributed by atoms with E-state index in [2.05, 4.69) is 49.9 Å². The number of benzene rings is 1. The molecule has 1 amide bonds. The molecule has 0 bridgehead atoms. The van der Waals surface area contributed by atoms with Crippen molar-refractivity contribution in [3.05, 3.63) is 35.4 Å². The van der Waals surface area contributed by atoms with Gasteiger partial charge >= 0.3 is 0 Å². The zero-order chi connectivity index (χ0) is 17.5. The molecular weight excluding hydrogens is 369 g/mol. The van der Waals surface area contributed by atoms with Gasteiger partial charge in [0.1, 0.15) is 0 Å². The molecule has 0 aliphatic carbocycles. The minimum Gasteiger partial charge on any atom is -0.336 e. The number of nitrogens with zero attached hydrogens (tertiary/aromatic N) is 3. The Morgan fingerprint density at radius 3 is 2.08 bits per heavy atom. The second kappa shape index (κ2) is 12.6. The maximum absolute atomic E-state index is 12.7. The van der Waals surface area contributed by atoms with Crippen LogP contribution in [0.1, 0.15) is 49.0 Å². The average molecular weight is 404 g/mol. The predicted molar refractivity (Wildman–Crippen MR) is 115 cm³/mol. The summed E-state index contributed by atoms with van der Waals surface area (Å²) < 4.78 is 0. The molecule has 0 N–H and O–H groups in total. The molecule has 1 fully saturated rings. The second-order valence-electron chi connectivity index (χ2n) is 7.11. The van der Waals surface area contributed by atoms with Crippen molar-refractivity contribution in [3.63, 3.8) is 0 Å². The number of carbonyl (C=O) groups is 1. The van der Waals surface area contributed by atoms with Gasteiger partial charge < -0.3 is 9.80 Å². The van der Waals surface area contributed by atoms with Gasteiger partial charge in [-0.15, -0.1) is 24.8 Å². The Morgan fingerprint density at radius 1 is 1.04 bits per heavy atom. The summed E-state index contributed by atoms with van der Waals surface area (Å²) in [6.45, 7) is 9.13. The van der Waals surface area contributed by atoms with E-state index in [4.69, 9.17) is 0 Å². The monoisotopic (exact) mass is 403 g/mol. The molecule has 1 heterocycles. The second-order valence-corrected chi connectivity index (χ2v) is 7.11. The maximum Gasteiger partial charge on any atom is 0.253 e. The number of hydrogen-bond donors (Lipinski definition) is 0. The minimum atomic E-state index is 0. The molecule has 0 saturated carbocycles. The summed E-state index contributed by atoms with van der Waals surface area (Å²) in [4.78, 5) is 19.4. The van der Waals surface area contributed by atoms with Crippen molar-refractivity contribution in [1.82, 2.24) is 14.7 Å². The molecule has 1 saturated heterocycles. The van der Waals surface area contributed by atoms with E-state index in [0.717, 1.165) is 38.3 Å². The number of carbonyl (C=O) groups excluding carboxylic acids is 1. The molecule has 150 valence electrons. The smallest absolute Gasteiger partial charge is 0.253 e. The van der Waals surface area contributed by atoms with Crippen molar-refractivity contribution >= 4 is 30.7 Å². The van der Waals surface area contributed by atoms with Gasteiger partial charge in [-0.2, -0.15) is 0 Å². The van der Waals surface area contributed by atoms with Crippen LogP contribution in [-0.4, -0.2) is 66.9 Å². The molecule has 4 nitrogen and oxygen atoms in total. The zero-order valence-corrected chi connectivity index (χ0v) is 18.2. The summed E-state index contributed by atoms with van der Waals surface area (Å²) in [5.41, 5.74) is 2.05. The van der Waals surface area contributed by atoms with E-state index >= 15 is 0 Å². The Labute approximate surface area is 171 Å². The van der Waals surface area contributed by atoms with Crippen molar-refractivity contribution in [2.75, 3.05) is 40.3 Å². The van der Waals surface area contributed by atoms with Crippen LogP contribution in [-0.2, 0) is 6.54 Å². The van der Waals surface area contributed by atoms with Gasteiger partial charge in [0.05, 0.1) is 0 Å². The van der Waals surface area contributed by atoms with E-state index in [1.807, 2.05) is 17.0 Å². The van der Waals surface area contributed by atoms with Gasteiger partial charge in [0.15, 0.2) is 0 Å². The molecule has 1 unspecified atom stereocenters. The fourth-order valence-electron chi connectivity index (χ4n) is 3.57. The molecule has 2 rings (SSSR count). The van der Waals surface area contributed by atoms with Crippen molar-refractivity contribution in [2.24, 2.45) is 0 Å². The average Bonchev–Trinajstić information content (AvgIpc) is 2.59. The zero-order valence-electron chi connectivity index (χ0n) is 16.6. The highest BCUT2D eigenvalue weighted by Crippen LogP contribution is 2.16. The summed E-state index contributed by atoms with van der Waals surface area (Å²) >= 11 is 0. The molecule has 6 heteroatoms. The first-order valence-corrected chi connectivity index (χ1v) is 9.32. The molecule has 0 radical (unpaired) electrons. The highest BCUT2D eigenvalue weighted by Gasteiger charge is 2.25. The molecule has 1 aliphatic rings. The van der Waals surface area contributed by atoms with Gasteiger partial charge in [-0.25, -0.2) is 0 Å². The molecular formula is C20H35Cl2N3O. The first-order chi connectivity index (χ1) is 11.5. The van der Waals surface area contributed by atoms with Crippen molar-refractivity contribution in [2.45, 2.75) is 45.7 Å². The van der Waals surface area contributed by atoms with Gasteiger partial charge in [-0.1, -0.05) is 32.4 Å². The van der Waals surface area contributed by atoms with Gasteiger partial charge in [-0.05, 0) is 44.6 Å². The summed E-state index contributed by atoms with van der Waals surface area (Å²) in [6, 6.07) is 8.76. The van der Waals surface area contributed by atoms with Crippen LogP contribution in [0, 0.1) is 0 Å². The quantitative estimate of drug-likeness (QED) is 0.689. The van der Waals surface area contributed by atoms with Crippen LogP contribution in [0.5, 0.6) is 0 Å². The largest absolute Gasteiger partial charge is 0.336 e. The third kappa shape index (κ3) is 7.07. The van der Waals surface area contributed by atoms with E-state index in [1.165, 1.54) is 24.8 Å². The Morgan fingerprint density at radius 2 is 1.62 bits per heavy atom. The number of hydrogen-bond acceptors (Lipinski definition) is 3. The highest BCUT2D eigenvalue weighted by molar-refractivity contribution is 5.94. The maximum atomic E-state index is 12.7. The molecule has 26 heavy (non-hydrogen) atoms. The van der Waals surface area contributed by atoms with Crippen molar-refractivity contribution in [3.8, 4) is 0 Å². The molecule has 1 aliphatic heterocycles. The fourth-order valence-corrected chi connectivity index (χ4v) is 3.57. The first kappa shape index (κ1) is 25.2. The Bertz CT molecular complexity index is 514. The van der Waals surface area contributed by atoms with Gasteiger partial charge in [-0.3, -0.25) is 9.69 Å². The van der Waals surface area contributed by atoms with Crippen LogP contribution in [0.3, 0.4) is 0 Å². The summed E-state index contributed by atoms with van der Waals surface area (Å²) in [5.74, 6) is 0.176. The molecule has 0 spiro atoms. The molecule has 0 aromatic heterocycles. The Balaban J connectivity index is 0.00000312. The lowest BCUT2D eigenvalue weighted by molar-refractivity contribution is 0.0553. The molecule has 1 atom stereocenters. The minimum absolute atomic E-state index is 0. The van der Waals surface area contributed by atoms with Crippen LogP contribution in [0.25, 0.3) is 0 Å². The number of rotatable bonds is 7. The van der Waals surface area contributed by atoms with E-state index < -0.39 is 0 Å². The standard InChI is InChI=1S/C20H33N3O.2ClH/c1-5-7-19(6-2)22-12-14-23(15-13-22)20(24)18-10-8-17(9-11-18)16-21(3)4;;/h8-11,19H,5-7,12-16H2,1-4H3;2*1H. The Kier molecular flexibility index (Phi) is 12.2. The number of piperazine rings is 1. The SMILES string of the molecule is CCCC(CC)N1CCN(C(=O)c2ccc(CN(C)C)cc2)CC1.Cl.Cl. The van der Waals surface area contributed by atoms with E-state index in [-0.39, 0.29) is 30.7 Å². The molecule has 1 aromatic carbocycles. The lowest BCUT2D eigenvalue weighted by Gasteiger charge is -2.39. The lowest BCUT2D eigenvalue weighted by atomic mass is 10.1. The van der Waals surface area contributed by atoms with E-state index in [1.54, 1.807) is 0 Å². The summed E-state index contributed by atoms with van der Waals surface area (Å²) in [5, 5.41) is 0. The van der Waals surface area contributed by atoms with Crippen molar-refractivity contribution < 1.29 is 4.79 Å². The summed E-state index contributed by atoms with van der Waals surface area (Å²) in [6.07, 6.45) is 3.70. The normalized spacial score (nSPS) is 16.0. The fraction of sp³-hybridized carbons (Fsp3) is 0.650. The van der Waals surface area contributed by atoms with Gasteiger partial charge in [0.2, 0.25) is 0 Å². The van der Waals surface area contributed by atoms with Crippen LogP contribution in [0.4, 0.5) is 0 Å². The highest BCUT2D eigenvalue weighted by atomic mass is 35.5. The van der Waals surface area contributed by atoms with Crippen LogP contribution >= 0.6 is 24.8 Å². The summed E-state index contributed by atoms with van der Waals surface area (Å²) in [7, 11) is 4.11. The van der Waals surface area contributed by atoms with Crippen LogP contribution in [0.15, 0.2) is 24.3 Å². The lowest BCUT2D eigenvalue weighted by Crippen LogP contribution is -2.51. The molecule has 1 aromatic rings. The Hall–Kier alpha value is -0.810. The number of halogens is 2. The van der Waals surface area contributed by atoms with Gasteiger partial charge in [0.25, 0.3) is 5.91 Å². The van der Waals surface area contributed by atoms with Crippen LogP contribution in [0.2, 0.25) is 0 Å². The van der Waals surface area contributed by atoms with E-state index in [9.17, 15) is 4.79 Å².